The number of carbonyl (C=O) groups excluding carboxylic acids is 1. The fourth-order valence-corrected chi connectivity index (χ4v) is 0.845. The van der Waals surface area contributed by atoms with Crippen LogP contribution in [0, 0.1) is 5.41 Å². The second kappa shape index (κ2) is 4.40. The van der Waals surface area contributed by atoms with Crippen LogP contribution in [0.25, 0.3) is 0 Å². The molecular weight excluding hydrogens is 161 g/mol. The number of halogens is 1. The van der Waals surface area contributed by atoms with Gasteiger partial charge in [0.15, 0.2) is 0 Å². The van der Waals surface area contributed by atoms with Gasteiger partial charge in [0.2, 0.25) is 0 Å². The van der Waals surface area contributed by atoms with Gasteiger partial charge in [-0.05, 0) is 11.8 Å². The van der Waals surface area contributed by atoms with E-state index in [9.17, 15) is 9.18 Å². The third kappa shape index (κ3) is 2.77. The van der Waals surface area contributed by atoms with Crippen LogP contribution in [-0.4, -0.2) is 25.8 Å². The summed E-state index contributed by atoms with van der Waals surface area (Å²) in [5.74, 6) is -0.492. The predicted molar refractivity (Wildman–Crippen MR) is 44.4 cm³/mol. The Hall–Kier alpha value is -0.640. The Kier molecular flexibility index (Phi) is 4.17. The van der Waals surface area contributed by atoms with Crippen molar-refractivity contribution in [3.8, 4) is 0 Å². The quantitative estimate of drug-likeness (QED) is 0.648. The minimum atomic E-state index is -0.752. The van der Waals surface area contributed by atoms with Gasteiger partial charge in [0.25, 0.3) is 0 Å². The summed E-state index contributed by atoms with van der Waals surface area (Å²) < 4.78 is 16.5. The molecule has 0 radical (unpaired) electrons. The number of hydrogen-bond donors (Lipinski definition) is 1. The Labute approximate surface area is 72.1 Å². The predicted octanol–water partition coefficient (Wildman–Crippen LogP) is 0.872. The third-order valence-corrected chi connectivity index (χ3v) is 2.04. The van der Waals surface area contributed by atoms with E-state index < -0.39 is 24.1 Å². The van der Waals surface area contributed by atoms with Crippen LogP contribution in [0.15, 0.2) is 0 Å². The molecule has 2 N–H and O–H groups in total. The first-order chi connectivity index (χ1) is 5.45. The van der Waals surface area contributed by atoms with E-state index in [1.165, 1.54) is 7.11 Å². The molecule has 4 heteroatoms. The van der Waals surface area contributed by atoms with Crippen molar-refractivity contribution in [2.75, 3.05) is 13.8 Å². The first-order valence-electron chi connectivity index (χ1n) is 3.85. The van der Waals surface area contributed by atoms with Crippen LogP contribution in [-0.2, 0) is 9.53 Å². The molecule has 12 heavy (non-hydrogen) atoms. The summed E-state index contributed by atoms with van der Waals surface area (Å²) in [5, 5.41) is 0. The molecule has 3 nitrogen and oxygen atoms in total. The molecule has 0 aromatic heterocycles. The van der Waals surface area contributed by atoms with Crippen molar-refractivity contribution >= 4 is 5.97 Å². The zero-order valence-electron chi connectivity index (χ0n) is 7.76. The summed E-state index contributed by atoms with van der Waals surface area (Å²) in [5.41, 5.74) is 5.01. The lowest BCUT2D eigenvalue weighted by molar-refractivity contribution is -0.145. The minimum absolute atomic E-state index is 0.267. The maximum absolute atomic E-state index is 12.0. The summed E-state index contributed by atoms with van der Waals surface area (Å²) in [7, 11) is 1.27. The molecule has 0 amide bonds. The van der Waals surface area contributed by atoms with Gasteiger partial charge in [0, 0.05) is 0 Å². The Morgan fingerprint density at radius 2 is 2.17 bits per heavy atom. The van der Waals surface area contributed by atoms with Crippen LogP contribution in [0.1, 0.15) is 20.3 Å². The van der Waals surface area contributed by atoms with E-state index in [2.05, 4.69) is 4.74 Å². The molecule has 1 atom stereocenters. The van der Waals surface area contributed by atoms with Crippen LogP contribution in [0.3, 0.4) is 0 Å². The molecular formula is C8H16FNO2. The van der Waals surface area contributed by atoms with Crippen LogP contribution in [0.5, 0.6) is 0 Å². The van der Waals surface area contributed by atoms with Crippen molar-refractivity contribution in [2.45, 2.75) is 26.3 Å². The van der Waals surface area contributed by atoms with Gasteiger partial charge < -0.3 is 10.5 Å². The van der Waals surface area contributed by atoms with Crippen LogP contribution < -0.4 is 5.73 Å². The van der Waals surface area contributed by atoms with Gasteiger partial charge in [-0.2, -0.15) is 0 Å². The van der Waals surface area contributed by atoms with Crippen molar-refractivity contribution in [3.63, 3.8) is 0 Å². The topological polar surface area (TPSA) is 52.3 Å². The molecule has 72 valence electrons. The van der Waals surface area contributed by atoms with E-state index >= 15 is 0 Å². The van der Waals surface area contributed by atoms with E-state index in [-0.39, 0.29) is 6.42 Å². The average Bonchev–Trinajstić information content (AvgIpc) is 2.01. The van der Waals surface area contributed by atoms with Crippen molar-refractivity contribution in [1.82, 2.24) is 0 Å². The zero-order valence-corrected chi connectivity index (χ0v) is 7.76. The number of methoxy groups -OCH3 is 1. The van der Waals surface area contributed by atoms with Crippen molar-refractivity contribution in [1.29, 1.82) is 0 Å². The number of alkyl halides is 1. The molecule has 1 unspecified atom stereocenters. The maximum Gasteiger partial charge on any atom is 0.323 e. The molecule has 0 saturated heterocycles. The zero-order chi connectivity index (χ0) is 9.78. The second-order valence-electron chi connectivity index (χ2n) is 3.43. The highest BCUT2D eigenvalue weighted by atomic mass is 19.1. The first-order valence-corrected chi connectivity index (χ1v) is 3.85. The summed E-state index contributed by atoms with van der Waals surface area (Å²) in [6.45, 7) is 3.01. The lowest BCUT2D eigenvalue weighted by Gasteiger charge is -2.28. The van der Waals surface area contributed by atoms with Gasteiger partial charge in [-0.3, -0.25) is 9.18 Å². The molecule has 0 heterocycles. The van der Waals surface area contributed by atoms with Gasteiger partial charge in [-0.25, -0.2) is 0 Å². The summed E-state index contributed by atoms with van der Waals surface area (Å²) in [6, 6.07) is -0.752. The van der Waals surface area contributed by atoms with Crippen molar-refractivity contribution < 1.29 is 13.9 Å². The number of carbonyl (C=O) groups is 1. The fourth-order valence-electron chi connectivity index (χ4n) is 0.845. The fraction of sp³-hybridized carbons (Fsp3) is 0.875. The standard InChI is InChI=1S/C8H16FNO2/c1-8(2,4-5-9)6(10)7(11)12-3/h6H,4-5,10H2,1-3H3. The molecule has 0 aliphatic heterocycles. The molecule has 0 bridgehead atoms. The smallest absolute Gasteiger partial charge is 0.323 e. The molecule has 0 rings (SSSR count). The number of nitrogens with two attached hydrogens (primary N) is 1. The first kappa shape index (κ1) is 11.4. The van der Waals surface area contributed by atoms with Gasteiger partial charge in [-0.15, -0.1) is 0 Å². The van der Waals surface area contributed by atoms with E-state index in [4.69, 9.17) is 5.73 Å². The summed E-state index contributed by atoms with van der Waals surface area (Å²) in [6.07, 6.45) is 0.267. The van der Waals surface area contributed by atoms with Gasteiger partial charge in [-0.1, -0.05) is 13.8 Å². The molecule has 0 saturated carbocycles. The SMILES string of the molecule is COC(=O)C(N)C(C)(C)CCF. The van der Waals surface area contributed by atoms with E-state index in [0.717, 1.165) is 0 Å². The second-order valence-corrected chi connectivity index (χ2v) is 3.43. The third-order valence-electron chi connectivity index (χ3n) is 2.04. The number of ether oxygens (including phenoxy) is 1. The lowest BCUT2D eigenvalue weighted by atomic mass is 9.82. The van der Waals surface area contributed by atoms with E-state index in [1.807, 2.05) is 0 Å². The Morgan fingerprint density at radius 3 is 2.50 bits per heavy atom. The average molecular weight is 177 g/mol. The molecule has 0 aromatic carbocycles. The Morgan fingerprint density at radius 1 is 1.67 bits per heavy atom. The highest BCUT2D eigenvalue weighted by molar-refractivity contribution is 5.76. The Bertz CT molecular complexity index is 159. The van der Waals surface area contributed by atoms with E-state index in [0.29, 0.717) is 0 Å². The van der Waals surface area contributed by atoms with Crippen molar-refractivity contribution in [2.24, 2.45) is 11.1 Å². The number of esters is 1. The van der Waals surface area contributed by atoms with Crippen LogP contribution in [0.2, 0.25) is 0 Å². The Balaban J connectivity index is 4.23. The highest BCUT2D eigenvalue weighted by Crippen LogP contribution is 2.24. The van der Waals surface area contributed by atoms with E-state index in [1.54, 1.807) is 13.8 Å². The van der Waals surface area contributed by atoms with Crippen molar-refractivity contribution in [3.05, 3.63) is 0 Å². The minimum Gasteiger partial charge on any atom is -0.468 e. The molecule has 0 aliphatic carbocycles. The van der Waals surface area contributed by atoms with Gasteiger partial charge in [0.05, 0.1) is 13.8 Å². The maximum atomic E-state index is 12.0. The number of rotatable bonds is 4. The van der Waals surface area contributed by atoms with Gasteiger partial charge >= 0.3 is 5.97 Å². The van der Waals surface area contributed by atoms with Crippen LogP contribution in [0.4, 0.5) is 4.39 Å². The monoisotopic (exact) mass is 177 g/mol. The normalized spacial score (nSPS) is 14.1. The van der Waals surface area contributed by atoms with Crippen LogP contribution >= 0.6 is 0 Å². The molecule has 0 spiro atoms. The summed E-state index contributed by atoms with van der Waals surface area (Å²) in [4.78, 5) is 11.0. The number of hydrogen-bond acceptors (Lipinski definition) is 3. The lowest BCUT2D eigenvalue weighted by Crippen LogP contribution is -2.44. The highest BCUT2D eigenvalue weighted by Gasteiger charge is 2.32. The molecule has 0 fully saturated rings. The molecule has 0 aromatic rings. The molecule has 0 aliphatic rings. The largest absolute Gasteiger partial charge is 0.468 e. The van der Waals surface area contributed by atoms with Gasteiger partial charge in [0.1, 0.15) is 6.04 Å². The summed E-state index contributed by atoms with van der Waals surface area (Å²) >= 11 is 0.